The Hall–Kier alpha value is -1.73. The molecular weight excluding hydrogens is 256 g/mol. The number of likely N-dealkylation sites (N-methyl/N-ethyl adjacent to an activating group) is 1. The second-order valence-corrected chi connectivity index (χ2v) is 4.85. The molecule has 0 saturated carbocycles. The highest BCUT2D eigenvalue weighted by molar-refractivity contribution is 5.54. The number of nitrogens with zero attached hydrogens (tertiary/aromatic N) is 5. The number of aryl methyl sites for hydroxylation is 2. The SMILES string of the molecule is CCN(CC)CC(N)c1noc(-c2cn(C)nc2C)n1. The van der Waals surface area contributed by atoms with E-state index >= 15 is 0 Å². The molecule has 2 aromatic heterocycles. The van der Waals surface area contributed by atoms with E-state index in [9.17, 15) is 0 Å². The van der Waals surface area contributed by atoms with Gasteiger partial charge in [0.05, 0.1) is 17.3 Å². The Morgan fingerprint density at radius 2 is 2.10 bits per heavy atom. The van der Waals surface area contributed by atoms with Crippen LogP contribution in [0.1, 0.15) is 31.4 Å². The van der Waals surface area contributed by atoms with E-state index in [2.05, 4.69) is 34.0 Å². The molecule has 20 heavy (non-hydrogen) atoms. The zero-order valence-corrected chi connectivity index (χ0v) is 12.5. The van der Waals surface area contributed by atoms with Crippen molar-refractivity contribution in [3.05, 3.63) is 17.7 Å². The zero-order valence-electron chi connectivity index (χ0n) is 12.5. The van der Waals surface area contributed by atoms with E-state index in [-0.39, 0.29) is 6.04 Å². The summed E-state index contributed by atoms with van der Waals surface area (Å²) in [5, 5.41) is 8.26. The summed E-state index contributed by atoms with van der Waals surface area (Å²) in [7, 11) is 1.86. The predicted octanol–water partition coefficient (Wildman–Crippen LogP) is 1.12. The monoisotopic (exact) mass is 278 g/mol. The Balaban J connectivity index is 2.14. The fraction of sp³-hybridized carbons (Fsp3) is 0.615. The third-order valence-electron chi connectivity index (χ3n) is 3.37. The number of rotatable bonds is 6. The minimum Gasteiger partial charge on any atom is -0.334 e. The largest absolute Gasteiger partial charge is 0.334 e. The van der Waals surface area contributed by atoms with Crippen LogP contribution in [0.4, 0.5) is 0 Å². The first-order valence-corrected chi connectivity index (χ1v) is 6.87. The van der Waals surface area contributed by atoms with Gasteiger partial charge in [-0.3, -0.25) is 4.68 Å². The molecule has 0 saturated heterocycles. The van der Waals surface area contributed by atoms with Crippen LogP contribution in [0, 0.1) is 6.92 Å². The van der Waals surface area contributed by atoms with Crippen molar-refractivity contribution in [2.75, 3.05) is 19.6 Å². The summed E-state index contributed by atoms with van der Waals surface area (Å²) in [5.41, 5.74) is 7.84. The summed E-state index contributed by atoms with van der Waals surface area (Å²) < 4.78 is 7.03. The van der Waals surface area contributed by atoms with Gasteiger partial charge in [0.2, 0.25) is 0 Å². The smallest absolute Gasteiger partial charge is 0.261 e. The van der Waals surface area contributed by atoms with Gasteiger partial charge in [0, 0.05) is 19.8 Å². The van der Waals surface area contributed by atoms with Crippen molar-refractivity contribution in [2.45, 2.75) is 26.8 Å². The van der Waals surface area contributed by atoms with E-state index in [1.807, 2.05) is 20.2 Å². The van der Waals surface area contributed by atoms with Crippen LogP contribution in [0.2, 0.25) is 0 Å². The van der Waals surface area contributed by atoms with E-state index in [1.165, 1.54) is 0 Å². The van der Waals surface area contributed by atoms with Crippen LogP contribution >= 0.6 is 0 Å². The molecule has 0 aromatic carbocycles. The van der Waals surface area contributed by atoms with Gasteiger partial charge in [-0.25, -0.2) is 0 Å². The molecule has 0 aliphatic carbocycles. The highest BCUT2D eigenvalue weighted by Gasteiger charge is 2.19. The van der Waals surface area contributed by atoms with Crippen molar-refractivity contribution in [3.63, 3.8) is 0 Å². The highest BCUT2D eigenvalue weighted by Crippen LogP contribution is 2.21. The average molecular weight is 278 g/mol. The molecule has 2 heterocycles. The second kappa shape index (κ2) is 6.15. The van der Waals surface area contributed by atoms with Crippen LogP contribution in [0.25, 0.3) is 11.5 Å². The maximum atomic E-state index is 6.13. The van der Waals surface area contributed by atoms with Crippen molar-refractivity contribution in [1.82, 2.24) is 24.8 Å². The van der Waals surface area contributed by atoms with E-state index in [0.717, 1.165) is 30.9 Å². The molecule has 2 aromatic rings. The lowest BCUT2D eigenvalue weighted by molar-refractivity contribution is 0.278. The lowest BCUT2D eigenvalue weighted by Crippen LogP contribution is -2.32. The number of hydrogen-bond acceptors (Lipinski definition) is 6. The molecule has 2 N–H and O–H groups in total. The van der Waals surface area contributed by atoms with Crippen LogP contribution in [-0.4, -0.2) is 44.5 Å². The molecule has 0 bridgehead atoms. The second-order valence-electron chi connectivity index (χ2n) is 4.85. The highest BCUT2D eigenvalue weighted by atomic mass is 16.5. The normalized spacial score (nSPS) is 13.1. The van der Waals surface area contributed by atoms with Gasteiger partial charge < -0.3 is 15.2 Å². The third kappa shape index (κ3) is 3.05. The molecule has 2 rings (SSSR count). The topological polar surface area (TPSA) is 86.0 Å². The first-order valence-electron chi connectivity index (χ1n) is 6.87. The lowest BCUT2D eigenvalue weighted by atomic mass is 10.2. The van der Waals surface area contributed by atoms with Crippen LogP contribution < -0.4 is 5.73 Å². The molecule has 110 valence electrons. The Bertz CT molecular complexity index is 557. The van der Waals surface area contributed by atoms with Crippen LogP contribution in [-0.2, 0) is 7.05 Å². The standard InChI is InChI=1S/C13H22N6O/c1-5-19(6-2)8-11(14)12-15-13(20-17-12)10-7-18(4)16-9(10)3/h7,11H,5-6,8,14H2,1-4H3. The van der Waals surface area contributed by atoms with E-state index in [1.54, 1.807) is 4.68 Å². The molecule has 0 aliphatic heterocycles. The molecule has 7 heteroatoms. The third-order valence-corrected chi connectivity index (χ3v) is 3.37. The average Bonchev–Trinajstić information content (AvgIpc) is 3.02. The van der Waals surface area contributed by atoms with Crippen molar-refractivity contribution in [1.29, 1.82) is 0 Å². The van der Waals surface area contributed by atoms with Crippen LogP contribution in [0.15, 0.2) is 10.7 Å². The molecule has 0 radical (unpaired) electrons. The van der Waals surface area contributed by atoms with Crippen molar-refractivity contribution in [2.24, 2.45) is 12.8 Å². The quantitative estimate of drug-likeness (QED) is 0.852. The molecular formula is C13H22N6O. The fourth-order valence-corrected chi connectivity index (χ4v) is 2.15. The van der Waals surface area contributed by atoms with Crippen molar-refractivity contribution in [3.8, 4) is 11.5 Å². The van der Waals surface area contributed by atoms with Crippen molar-refractivity contribution >= 4 is 0 Å². The summed E-state index contributed by atoms with van der Waals surface area (Å²) >= 11 is 0. The summed E-state index contributed by atoms with van der Waals surface area (Å²) in [6, 6.07) is -0.246. The van der Waals surface area contributed by atoms with Gasteiger partial charge in [-0.2, -0.15) is 10.1 Å². The maximum absolute atomic E-state index is 6.13. The molecule has 0 amide bonds. The van der Waals surface area contributed by atoms with E-state index in [4.69, 9.17) is 10.3 Å². The fourth-order valence-electron chi connectivity index (χ4n) is 2.15. The number of hydrogen-bond donors (Lipinski definition) is 1. The number of aromatic nitrogens is 4. The van der Waals surface area contributed by atoms with Gasteiger partial charge >= 0.3 is 0 Å². The molecule has 0 spiro atoms. The Labute approximate surface area is 118 Å². The van der Waals surface area contributed by atoms with Gasteiger partial charge in [-0.1, -0.05) is 19.0 Å². The summed E-state index contributed by atoms with van der Waals surface area (Å²) in [6.45, 7) is 8.76. The van der Waals surface area contributed by atoms with E-state index in [0.29, 0.717) is 11.7 Å². The van der Waals surface area contributed by atoms with Crippen LogP contribution in [0.5, 0.6) is 0 Å². The minimum atomic E-state index is -0.246. The van der Waals surface area contributed by atoms with Crippen molar-refractivity contribution < 1.29 is 4.52 Å². The first kappa shape index (κ1) is 14.7. The lowest BCUT2D eigenvalue weighted by Gasteiger charge is -2.20. The van der Waals surface area contributed by atoms with Gasteiger partial charge in [-0.05, 0) is 20.0 Å². The maximum Gasteiger partial charge on any atom is 0.261 e. The summed E-state index contributed by atoms with van der Waals surface area (Å²) in [6.07, 6.45) is 1.86. The minimum absolute atomic E-state index is 0.246. The van der Waals surface area contributed by atoms with Gasteiger partial charge in [0.15, 0.2) is 5.82 Å². The Kier molecular flexibility index (Phi) is 4.51. The number of nitrogens with two attached hydrogens (primary N) is 1. The molecule has 1 unspecified atom stereocenters. The summed E-state index contributed by atoms with van der Waals surface area (Å²) in [4.78, 5) is 6.63. The van der Waals surface area contributed by atoms with E-state index < -0.39 is 0 Å². The molecule has 0 aliphatic rings. The molecule has 7 nitrogen and oxygen atoms in total. The Morgan fingerprint density at radius 3 is 2.65 bits per heavy atom. The van der Waals surface area contributed by atoms with Gasteiger partial charge in [-0.15, -0.1) is 0 Å². The summed E-state index contributed by atoms with van der Waals surface area (Å²) in [5.74, 6) is 1.01. The first-order chi connectivity index (χ1) is 9.55. The molecule has 0 fully saturated rings. The zero-order chi connectivity index (χ0) is 14.7. The van der Waals surface area contributed by atoms with Gasteiger partial charge in [0.1, 0.15) is 0 Å². The Morgan fingerprint density at radius 1 is 1.40 bits per heavy atom. The predicted molar refractivity (Wildman–Crippen MR) is 76.0 cm³/mol. The van der Waals surface area contributed by atoms with Crippen LogP contribution in [0.3, 0.4) is 0 Å². The van der Waals surface area contributed by atoms with Gasteiger partial charge in [0.25, 0.3) is 5.89 Å². The molecule has 1 atom stereocenters.